The van der Waals surface area contributed by atoms with Crippen LogP contribution in [0.25, 0.3) is 0 Å². The molecule has 0 saturated carbocycles. The van der Waals surface area contributed by atoms with Crippen molar-refractivity contribution in [3.05, 3.63) is 238 Å². The number of carbonyl (C=O) groups excluding carboxylic acids is 4. The molecule has 0 atom stereocenters. The van der Waals surface area contributed by atoms with E-state index in [4.69, 9.17) is 16.2 Å². The second kappa shape index (κ2) is 28.3. The Kier molecular flexibility index (Phi) is 21.1. The predicted octanol–water partition coefficient (Wildman–Crippen LogP) is 16.8. The van der Waals surface area contributed by atoms with Gasteiger partial charge in [-0.3, -0.25) is 19.2 Å². The van der Waals surface area contributed by atoms with Gasteiger partial charge in [-0.2, -0.15) is 79.0 Å². The molecular formula is C69H50F18N6O11. The normalized spacial score (nSPS) is 12.5. The number of phenolic OH excluding ortho intramolecular Hbond substituents is 6. The van der Waals surface area contributed by atoms with Crippen LogP contribution in [0.2, 0.25) is 0 Å². The highest BCUT2D eigenvalue weighted by Crippen LogP contribution is 2.61. The lowest BCUT2D eigenvalue weighted by molar-refractivity contribution is -0.290. The first-order valence-electron chi connectivity index (χ1n) is 29.2. The molecule has 14 N–H and O–H groups in total. The number of hydrogen-bond donors (Lipinski definition) is 12. The van der Waals surface area contributed by atoms with Crippen molar-refractivity contribution in [2.24, 2.45) is 0 Å². The van der Waals surface area contributed by atoms with Gasteiger partial charge < -0.3 is 68.1 Å². The van der Waals surface area contributed by atoms with Crippen LogP contribution in [0.1, 0.15) is 76.9 Å². The number of nitrogens with one attached hydrogen (secondary N) is 4. The van der Waals surface area contributed by atoms with Crippen molar-refractivity contribution in [1.29, 1.82) is 0 Å². The lowest BCUT2D eigenvalue weighted by atomic mass is 9.72. The molecule has 0 fully saturated rings. The number of halogens is 18. The molecule has 0 bridgehead atoms. The molecule has 4 amide bonds. The molecule has 35 heteroatoms. The number of nitrogen functional groups attached to an aromatic ring is 2. The van der Waals surface area contributed by atoms with E-state index < -0.39 is 190 Å². The number of phenols is 6. The van der Waals surface area contributed by atoms with Crippen LogP contribution in [-0.4, -0.2) is 91.3 Å². The van der Waals surface area contributed by atoms with Crippen molar-refractivity contribution >= 4 is 57.8 Å². The molecule has 0 saturated heterocycles. The summed E-state index contributed by atoms with van der Waals surface area (Å²) in [4.78, 5) is 51.0. The van der Waals surface area contributed by atoms with Gasteiger partial charge in [0.25, 0.3) is 17.7 Å². The average molecular weight is 1480 g/mol. The maximum absolute atomic E-state index is 14.9. The van der Waals surface area contributed by atoms with E-state index in [1.165, 1.54) is 24.3 Å². The molecule has 9 rings (SSSR count). The van der Waals surface area contributed by atoms with Crippen LogP contribution in [-0.2, 0) is 21.0 Å². The first kappa shape index (κ1) is 77.5. The number of rotatable bonds is 15. The van der Waals surface area contributed by atoms with E-state index in [2.05, 4.69) is 5.32 Å². The molecule has 0 aromatic heterocycles. The lowest BCUT2D eigenvalue weighted by Crippen LogP contribution is -2.54. The van der Waals surface area contributed by atoms with Crippen LogP contribution in [0.3, 0.4) is 0 Å². The van der Waals surface area contributed by atoms with E-state index in [0.717, 1.165) is 36.8 Å². The number of aromatic hydroxyl groups is 6. The van der Waals surface area contributed by atoms with Gasteiger partial charge in [-0.1, -0.05) is 60.2 Å². The number of ether oxygens (including phenoxy) is 1. The standard InChI is InChI=1S/C40H28F12N4O7.C29H22F6N2O4/c1-18(57)54-26-15-22(6-10-30(26)59)36(39(47,48)49,40(50,51)52)24-8-12-32(61)28(17-24)56-34(63)20-4-2-3-19(13-20)33(62)55-27-16-23(7-11-31(27)60)35(37(41,42)43,38(44,45)46)21-5-9-29(58)25(53)14-21;1-16-2-8-20(9-3-16)41-21-10-4-17(5-11-21)26(40)37-23-15-19(7-13-25(23)39)27(28(30,31)32,29(33,34)35)18-6-12-24(38)22(36)14-18/h2-17,58-61H,53H2,1H3,(H,54,57)(H,55,62)(H,56,63);2-15,38-39H,36H2,1H3,(H,37,40). The molecular weight excluding hydrogens is 1430 g/mol. The Morgan fingerprint density at radius 3 is 0.837 bits per heavy atom. The van der Waals surface area contributed by atoms with Crippen molar-refractivity contribution < 1.29 is 134 Å². The molecule has 0 heterocycles. The zero-order valence-corrected chi connectivity index (χ0v) is 52.5. The average Bonchev–Trinajstić information content (AvgIpc) is 0.728. The lowest BCUT2D eigenvalue weighted by Gasteiger charge is -2.38. The molecule has 0 aliphatic heterocycles. The molecule has 104 heavy (non-hydrogen) atoms. The van der Waals surface area contributed by atoms with Gasteiger partial charge in [0.2, 0.25) is 22.2 Å². The maximum atomic E-state index is 14.9. The maximum Gasteiger partial charge on any atom is 0.411 e. The number of aryl methyl sites for hydroxylation is 1. The molecule has 0 unspecified atom stereocenters. The molecule has 9 aromatic rings. The number of hydrogen-bond acceptors (Lipinski definition) is 13. The second-order valence-corrected chi connectivity index (χ2v) is 22.8. The third-order valence-electron chi connectivity index (χ3n) is 16.0. The van der Waals surface area contributed by atoms with Crippen LogP contribution in [0, 0.1) is 6.92 Å². The fraction of sp³-hybridized carbons (Fsp3) is 0.159. The number of amides is 4. The first-order valence-corrected chi connectivity index (χ1v) is 29.2. The highest BCUT2D eigenvalue weighted by atomic mass is 19.4. The van der Waals surface area contributed by atoms with E-state index in [0.29, 0.717) is 78.2 Å². The van der Waals surface area contributed by atoms with E-state index >= 15 is 0 Å². The van der Waals surface area contributed by atoms with Crippen molar-refractivity contribution in [3.63, 3.8) is 0 Å². The Morgan fingerprint density at radius 1 is 0.317 bits per heavy atom. The molecule has 9 aromatic carbocycles. The molecule has 17 nitrogen and oxygen atoms in total. The van der Waals surface area contributed by atoms with Crippen LogP contribution >= 0.6 is 0 Å². The Morgan fingerprint density at radius 2 is 0.567 bits per heavy atom. The topological polar surface area (TPSA) is 299 Å². The summed E-state index contributed by atoms with van der Waals surface area (Å²) in [7, 11) is 0. The molecule has 0 aliphatic rings. The van der Waals surface area contributed by atoms with Crippen LogP contribution in [0.4, 0.5) is 113 Å². The Hall–Kier alpha value is -12.2. The fourth-order valence-electron chi connectivity index (χ4n) is 11.0. The van der Waals surface area contributed by atoms with Crippen LogP contribution in [0.15, 0.2) is 182 Å². The number of alkyl halides is 18. The quantitative estimate of drug-likeness (QED) is 0.0259. The van der Waals surface area contributed by atoms with Gasteiger partial charge in [0.15, 0.2) is 0 Å². The second-order valence-electron chi connectivity index (χ2n) is 22.8. The number of nitrogens with two attached hydrogens (primary N) is 2. The summed E-state index contributed by atoms with van der Waals surface area (Å²) in [6, 6.07) is 22.8. The third-order valence-corrected chi connectivity index (χ3v) is 16.0. The van der Waals surface area contributed by atoms with Crippen LogP contribution in [0.5, 0.6) is 46.0 Å². The Bertz CT molecular complexity index is 4710. The predicted molar refractivity (Wildman–Crippen MR) is 338 cm³/mol. The molecule has 0 spiro atoms. The Labute approximate surface area is 573 Å². The van der Waals surface area contributed by atoms with Gasteiger partial charge in [0, 0.05) is 23.6 Å². The summed E-state index contributed by atoms with van der Waals surface area (Å²) in [6.07, 6.45) is -36.7. The van der Waals surface area contributed by atoms with Crippen molar-refractivity contribution in [2.45, 2.75) is 67.2 Å². The van der Waals surface area contributed by atoms with Crippen molar-refractivity contribution in [2.75, 3.05) is 32.7 Å². The minimum atomic E-state index is -6.23. The van der Waals surface area contributed by atoms with Gasteiger partial charge in [-0.05, 0) is 168 Å². The van der Waals surface area contributed by atoms with Gasteiger partial charge in [-0.25, -0.2) is 0 Å². The van der Waals surface area contributed by atoms with Gasteiger partial charge >= 0.3 is 37.1 Å². The summed E-state index contributed by atoms with van der Waals surface area (Å²) in [5.41, 5.74) is -17.8. The number of anilines is 6. The Balaban J connectivity index is 0.000000288. The van der Waals surface area contributed by atoms with E-state index in [-0.39, 0.29) is 48.0 Å². The molecule has 0 aliphatic carbocycles. The summed E-state index contributed by atoms with van der Waals surface area (Å²) in [5, 5.41) is 68.3. The number of carbonyl (C=O) groups is 4. The SMILES string of the molecule is CC(=O)Nc1cc(C(c2ccc(O)c(NC(=O)c3cccc(C(=O)Nc4cc(C(c5ccc(O)c(N)c5)(C(F)(F)F)C(F)(F)F)ccc4O)c3)c2)(C(F)(F)F)C(F)(F)F)ccc1O.Cc1ccc(Oc2ccc(C(=O)Nc3cc(C(c4ccc(O)c(N)c4)(C(F)(F)F)C(F)(F)F)ccc3O)cc2)cc1. The summed E-state index contributed by atoms with van der Waals surface area (Å²) < 4.78 is 270. The first-order chi connectivity index (χ1) is 48.1. The third kappa shape index (κ3) is 14.9. The minimum Gasteiger partial charge on any atom is -0.506 e. The largest absolute Gasteiger partial charge is 0.506 e. The highest BCUT2D eigenvalue weighted by molar-refractivity contribution is 6.09. The van der Waals surface area contributed by atoms with Crippen molar-refractivity contribution in [3.8, 4) is 46.0 Å². The zero-order chi connectivity index (χ0) is 77.4. The van der Waals surface area contributed by atoms with E-state index in [1.54, 1.807) is 12.1 Å². The monoisotopic (exact) mass is 1480 g/mol. The summed E-state index contributed by atoms with van der Waals surface area (Å²) in [5.74, 6) is -9.10. The zero-order valence-electron chi connectivity index (χ0n) is 52.5. The molecule has 0 radical (unpaired) electrons. The van der Waals surface area contributed by atoms with Gasteiger partial charge in [-0.15, -0.1) is 0 Å². The summed E-state index contributed by atoms with van der Waals surface area (Å²) in [6.45, 7) is 2.76. The van der Waals surface area contributed by atoms with E-state index in [9.17, 15) is 129 Å². The minimum absolute atomic E-state index is 0.0183. The van der Waals surface area contributed by atoms with E-state index in [1.807, 2.05) is 35.0 Å². The fourth-order valence-corrected chi connectivity index (χ4v) is 11.0. The highest BCUT2D eigenvalue weighted by Gasteiger charge is 2.75. The van der Waals surface area contributed by atoms with Gasteiger partial charge in [0.1, 0.15) is 46.0 Å². The smallest absolute Gasteiger partial charge is 0.411 e. The molecule has 548 valence electrons. The van der Waals surface area contributed by atoms with Crippen molar-refractivity contribution in [1.82, 2.24) is 0 Å². The van der Waals surface area contributed by atoms with Crippen LogP contribution < -0.4 is 37.5 Å². The summed E-state index contributed by atoms with van der Waals surface area (Å²) >= 11 is 0. The van der Waals surface area contributed by atoms with Gasteiger partial charge in [0.05, 0.1) is 34.1 Å². The number of benzene rings is 9.